The Bertz CT molecular complexity index is 1440. The van der Waals surface area contributed by atoms with Crippen molar-refractivity contribution in [2.45, 2.75) is 32.5 Å². The number of nitrogens with zero attached hydrogens (tertiary/aromatic N) is 2. The van der Waals surface area contributed by atoms with Crippen LogP contribution in [0.15, 0.2) is 66.5 Å². The van der Waals surface area contributed by atoms with Crippen LogP contribution in [0.4, 0.5) is 0 Å². The number of pyridine rings is 1. The van der Waals surface area contributed by atoms with Gasteiger partial charge in [-0.1, -0.05) is 29.8 Å². The van der Waals surface area contributed by atoms with E-state index < -0.39 is 29.5 Å². The topological polar surface area (TPSA) is 115 Å². The second-order valence-corrected chi connectivity index (χ2v) is 9.46. The lowest BCUT2D eigenvalue weighted by atomic mass is 9.95. The number of hydrogen-bond acceptors (Lipinski definition) is 8. The maximum Gasteiger partial charge on any atom is 0.338 e. The molecule has 1 atom stereocenters. The van der Waals surface area contributed by atoms with Gasteiger partial charge in [0.2, 0.25) is 0 Å². The molecule has 202 valence electrons. The molecular formula is C29H27ClN2O7. The number of ether oxygens (including phenoxy) is 3. The zero-order valence-corrected chi connectivity index (χ0v) is 22.6. The molecule has 10 heteroatoms. The number of halogens is 1. The normalized spacial score (nSPS) is 16.5. The van der Waals surface area contributed by atoms with Crippen molar-refractivity contribution in [2.24, 2.45) is 0 Å². The van der Waals surface area contributed by atoms with Crippen molar-refractivity contribution in [3.05, 3.63) is 93.8 Å². The van der Waals surface area contributed by atoms with Gasteiger partial charge in [-0.2, -0.15) is 0 Å². The molecular weight excluding hydrogens is 524 g/mol. The molecule has 1 amide bonds. The molecule has 1 aliphatic rings. The first kappa shape index (κ1) is 27.7. The fraction of sp³-hybridized carbons (Fsp3) is 0.241. The number of esters is 1. The average molecular weight is 551 g/mol. The van der Waals surface area contributed by atoms with Gasteiger partial charge >= 0.3 is 5.97 Å². The Morgan fingerprint density at radius 3 is 2.36 bits per heavy atom. The lowest BCUT2D eigenvalue weighted by Gasteiger charge is -2.25. The largest absolute Gasteiger partial charge is 0.507 e. The highest BCUT2D eigenvalue weighted by Gasteiger charge is 2.46. The van der Waals surface area contributed by atoms with E-state index >= 15 is 0 Å². The number of carbonyl (C=O) groups is 3. The summed E-state index contributed by atoms with van der Waals surface area (Å²) in [4.78, 5) is 44.4. The molecule has 9 nitrogen and oxygen atoms in total. The predicted molar refractivity (Wildman–Crippen MR) is 144 cm³/mol. The van der Waals surface area contributed by atoms with Gasteiger partial charge in [-0.15, -0.1) is 0 Å². The quantitative estimate of drug-likeness (QED) is 0.181. The molecule has 1 N–H and O–H groups in total. The number of aliphatic hydroxyl groups is 1. The van der Waals surface area contributed by atoms with Gasteiger partial charge < -0.3 is 24.2 Å². The maximum absolute atomic E-state index is 13.4. The molecule has 0 bridgehead atoms. The smallest absolute Gasteiger partial charge is 0.338 e. The van der Waals surface area contributed by atoms with Crippen LogP contribution >= 0.6 is 11.6 Å². The highest BCUT2D eigenvalue weighted by atomic mass is 35.5. The summed E-state index contributed by atoms with van der Waals surface area (Å²) in [6, 6.07) is 11.9. The van der Waals surface area contributed by atoms with Gasteiger partial charge in [0.25, 0.3) is 11.7 Å². The average Bonchev–Trinajstić information content (AvgIpc) is 3.17. The Kier molecular flexibility index (Phi) is 8.21. The summed E-state index contributed by atoms with van der Waals surface area (Å²) in [6.45, 7) is 3.55. The summed E-state index contributed by atoms with van der Waals surface area (Å²) in [6.07, 6.45) is 2.84. The molecule has 1 fully saturated rings. The second-order valence-electron chi connectivity index (χ2n) is 9.05. The number of Topliss-reactive ketones (excluding diaryl/α,β-unsaturated/α-hetero) is 1. The minimum absolute atomic E-state index is 0.0293. The van der Waals surface area contributed by atoms with Crippen molar-refractivity contribution in [1.29, 1.82) is 0 Å². The Labute approximate surface area is 230 Å². The van der Waals surface area contributed by atoms with Crippen molar-refractivity contribution in [2.75, 3.05) is 14.2 Å². The highest BCUT2D eigenvalue weighted by molar-refractivity contribution is 6.46. The number of amides is 1. The van der Waals surface area contributed by atoms with Crippen molar-refractivity contribution < 1.29 is 33.7 Å². The molecule has 1 unspecified atom stereocenters. The van der Waals surface area contributed by atoms with Crippen LogP contribution in [0.2, 0.25) is 5.02 Å². The standard InChI is InChI=1S/C29H27ClN2O7/c1-16(2)39-29(36)18-9-7-17(8-10-18)15-32-25(19-6-5-11-31-14-19)24(27(34)28(32)35)26(33)20-12-23(38-4)21(30)13-22(20)37-3/h5-14,16,25,33H,15H2,1-4H3/b26-24+. The summed E-state index contributed by atoms with van der Waals surface area (Å²) in [5.41, 5.74) is 1.56. The summed E-state index contributed by atoms with van der Waals surface area (Å²) in [7, 11) is 2.81. The molecule has 0 aliphatic carbocycles. The van der Waals surface area contributed by atoms with Gasteiger partial charge in [0.05, 0.1) is 48.1 Å². The van der Waals surface area contributed by atoms with Crippen molar-refractivity contribution in [1.82, 2.24) is 9.88 Å². The lowest BCUT2D eigenvalue weighted by Crippen LogP contribution is -2.29. The van der Waals surface area contributed by atoms with E-state index in [1.54, 1.807) is 56.4 Å². The fourth-order valence-electron chi connectivity index (χ4n) is 4.34. The summed E-state index contributed by atoms with van der Waals surface area (Å²) < 4.78 is 15.9. The molecule has 3 aromatic rings. The predicted octanol–water partition coefficient (Wildman–Crippen LogP) is 4.94. The van der Waals surface area contributed by atoms with Gasteiger partial charge in [-0.25, -0.2) is 4.79 Å². The van der Waals surface area contributed by atoms with E-state index in [-0.39, 0.29) is 40.3 Å². The number of benzene rings is 2. The van der Waals surface area contributed by atoms with Gasteiger partial charge in [0.15, 0.2) is 0 Å². The minimum Gasteiger partial charge on any atom is -0.507 e. The first-order valence-corrected chi connectivity index (χ1v) is 12.4. The third-order valence-electron chi connectivity index (χ3n) is 6.15. The monoisotopic (exact) mass is 550 g/mol. The highest BCUT2D eigenvalue weighted by Crippen LogP contribution is 2.43. The number of aliphatic hydroxyl groups excluding tert-OH is 1. The van der Waals surface area contributed by atoms with Crippen LogP contribution in [0.25, 0.3) is 5.76 Å². The minimum atomic E-state index is -0.948. The number of carbonyl (C=O) groups excluding carboxylic acids is 3. The van der Waals surface area contributed by atoms with Crippen molar-refractivity contribution in [3.8, 4) is 11.5 Å². The van der Waals surface area contributed by atoms with Crippen molar-refractivity contribution >= 4 is 35.0 Å². The maximum atomic E-state index is 13.4. The Hall–Kier alpha value is -4.37. The lowest BCUT2D eigenvalue weighted by molar-refractivity contribution is -0.140. The van der Waals surface area contributed by atoms with E-state index in [1.165, 1.54) is 37.4 Å². The summed E-state index contributed by atoms with van der Waals surface area (Å²) >= 11 is 6.22. The van der Waals surface area contributed by atoms with Crippen LogP contribution in [0.1, 0.15) is 46.9 Å². The Morgan fingerprint density at radius 1 is 1.08 bits per heavy atom. The number of methoxy groups -OCH3 is 2. The van der Waals surface area contributed by atoms with E-state index in [2.05, 4.69) is 4.98 Å². The first-order valence-electron chi connectivity index (χ1n) is 12.1. The second kappa shape index (κ2) is 11.6. The Balaban J connectivity index is 1.79. The third-order valence-corrected chi connectivity index (χ3v) is 6.45. The SMILES string of the molecule is COc1cc(/C(O)=C2\C(=O)C(=O)N(Cc3ccc(C(=O)OC(C)C)cc3)C2c2cccnc2)c(OC)cc1Cl. The molecule has 0 saturated carbocycles. The summed E-state index contributed by atoms with van der Waals surface area (Å²) in [5.74, 6) is -2.12. The number of aromatic nitrogens is 1. The van der Waals surface area contributed by atoms with Gasteiger partial charge in [-0.3, -0.25) is 14.6 Å². The van der Waals surface area contributed by atoms with Crippen LogP contribution in [0, 0.1) is 0 Å². The molecule has 1 aliphatic heterocycles. The molecule has 2 heterocycles. The summed E-state index contributed by atoms with van der Waals surface area (Å²) in [5, 5.41) is 11.7. The van der Waals surface area contributed by atoms with E-state index in [0.717, 1.165) is 0 Å². The van der Waals surface area contributed by atoms with Crippen LogP contribution in [-0.4, -0.2) is 53.0 Å². The number of ketones is 1. The van der Waals surface area contributed by atoms with Crippen molar-refractivity contribution in [3.63, 3.8) is 0 Å². The van der Waals surface area contributed by atoms with E-state index in [1.807, 2.05) is 0 Å². The zero-order valence-electron chi connectivity index (χ0n) is 21.8. The van der Waals surface area contributed by atoms with E-state index in [0.29, 0.717) is 16.7 Å². The van der Waals surface area contributed by atoms with Crippen LogP contribution in [-0.2, 0) is 20.9 Å². The third kappa shape index (κ3) is 5.58. The molecule has 0 spiro atoms. The first-order chi connectivity index (χ1) is 18.7. The van der Waals surface area contributed by atoms with E-state index in [9.17, 15) is 19.5 Å². The van der Waals surface area contributed by atoms with Crippen LogP contribution < -0.4 is 9.47 Å². The van der Waals surface area contributed by atoms with Gasteiger partial charge in [-0.05, 0) is 49.2 Å². The number of hydrogen-bond donors (Lipinski definition) is 1. The van der Waals surface area contributed by atoms with Gasteiger partial charge in [0.1, 0.15) is 17.3 Å². The molecule has 1 aromatic heterocycles. The number of rotatable bonds is 8. The zero-order chi connectivity index (χ0) is 28.3. The number of likely N-dealkylation sites (tertiary alicyclic amines) is 1. The van der Waals surface area contributed by atoms with E-state index in [4.69, 9.17) is 25.8 Å². The van der Waals surface area contributed by atoms with Crippen LogP contribution in [0.5, 0.6) is 11.5 Å². The molecule has 1 saturated heterocycles. The fourth-order valence-corrected chi connectivity index (χ4v) is 4.57. The van der Waals surface area contributed by atoms with Gasteiger partial charge in [0, 0.05) is 25.0 Å². The Morgan fingerprint density at radius 2 is 1.77 bits per heavy atom. The molecule has 2 aromatic carbocycles. The molecule has 0 radical (unpaired) electrons. The molecule has 39 heavy (non-hydrogen) atoms. The molecule has 4 rings (SSSR count). The van der Waals surface area contributed by atoms with Crippen LogP contribution in [0.3, 0.4) is 0 Å².